The fourth-order valence-corrected chi connectivity index (χ4v) is 3.27. The average Bonchev–Trinajstić information content (AvgIpc) is 2.80. The molecule has 1 aromatic rings. The van der Waals surface area contributed by atoms with Crippen LogP contribution in [0.2, 0.25) is 0 Å². The van der Waals surface area contributed by atoms with Crippen molar-refractivity contribution in [2.24, 2.45) is 5.92 Å². The van der Waals surface area contributed by atoms with Gasteiger partial charge in [0.2, 0.25) is 11.8 Å². The van der Waals surface area contributed by atoms with Crippen LogP contribution in [0.5, 0.6) is 0 Å². The van der Waals surface area contributed by atoms with E-state index in [1.807, 2.05) is 0 Å². The van der Waals surface area contributed by atoms with E-state index in [1.165, 1.54) is 6.07 Å². The number of fused-ring (bicyclic) bond motifs is 1. The second-order valence-electron chi connectivity index (χ2n) is 5.82. The molecule has 0 saturated carbocycles. The Morgan fingerprint density at radius 1 is 1.17 bits per heavy atom. The van der Waals surface area contributed by atoms with Crippen LogP contribution in [0.25, 0.3) is 0 Å². The van der Waals surface area contributed by atoms with Gasteiger partial charge in [0, 0.05) is 10.4 Å². The molecule has 0 aliphatic carbocycles. The summed E-state index contributed by atoms with van der Waals surface area (Å²) >= 11 is 3.25. The van der Waals surface area contributed by atoms with Gasteiger partial charge < -0.3 is 5.32 Å². The summed E-state index contributed by atoms with van der Waals surface area (Å²) in [6.45, 7) is 1.01. The molecular weight excluding hydrogens is 378 g/mol. The minimum absolute atomic E-state index is 0.215. The number of nitrogens with one attached hydrogen (secondary N) is 2. The summed E-state index contributed by atoms with van der Waals surface area (Å²) in [7, 11) is 0. The number of carbonyl (C=O) groups excluding carboxylic acids is 4. The molecule has 0 radical (unpaired) electrons. The van der Waals surface area contributed by atoms with Gasteiger partial charge in [0.25, 0.3) is 11.8 Å². The topological polar surface area (TPSA) is 95.6 Å². The van der Waals surface area contributed by atoms with Crippen molar-refractivity contribution in [3.63, 3.8) is 0 Å². The predicted octanol–water partition coefficient (Wildman–Crippen LogP) is 0.688. The van der Waals surface area contributed by atoms with Crippen LogP contribution in [0.15, 0.2) is 22.7 Å². The van der Waals surface area contributed by atoms with Crippen LogP contribution >= 0.6 is 15.9 Å². The van der Waals surface area contributed by atoms with Crippen molar-refractivity contribution in [1.82, 2.24) is 15.5 Å². The molecule has 2 heterocycles. The molecule has 0 spiro atoms. The van der Waals surface area contributed by atoms with Crippen LogP contribution in [0.1, 0.15) is 33.6 Å². The zero-order chi connectivity index (χ0) is 17.3. The van der Waals surface area contributed by atoms with Crippen LogP contribution in [0.4, 0.5) is 0 Å². The Morgan fingerprint density at radius 3 is 2.54 bits per heavy atom. The van der Waals surface area contributed by atoms with E-state index in [-0.39, 0.29) is 23.0 Å². The number of hydrogen-bond acceptors (Lipinski definition) is 5. The van der Waals surface area contributed by atoms with E-state index < -0.39 is 24.3 Å². The number of carbonyl (C=O) groups is 4. The van der Waals surface area contributed by atoms with Crippen molar-refractivity contribution in [3.05, 3.63) is 33.8 Å². The van der Waals surface area contributed by atoms with Gasteiger partial charge in [-0.3, -0.25) is 29.4 Å². The van der Waals surface area contributed by atoms with Crippen molar-refractivity contribution in [1.29, 1.82) is 0 Å². The average molecular weight is 394 g/mol. The molecule has 1 saturated heterocycles. The number of rotatable bonds is 3. The smallest absolute Gasteiger partial charge is 0.262 e. The second-order valence-corrected chi connectivity index (χ2v) is 6.74. The molecule has 1 aromatic carbocycles. The lowest BCUT2D eigenvalue weighted by molar-refractivity contribution is -0.133. The Kier molecular flexibility index (Phi) is 4.77. The summed E-state index contributed by atoms with van der Waals surface area (Å²) in [4.78, 5) is 49.5. The molecule has 0 aromatic heterocycles. The first kappa shape index (κ1) is 16.8. The van der Waals surface area contributed by atoms with E-state index in [2.05, 4.69) is 26.6 Å². The Morgan fingerprint density at radius 2 is 1.83 bits per heavy atom. The predicted molar refractivity (Wildman–Crippen MR) is 88.3 cm³/mol. The monoisotopic (exact) mass is 393 g/mol. The number of nitrogens with zero attached hydrogens (tertiary/aromatic N) is 1. The van der Waals surface area contributed by atoms with Crippen molar-refractivity contribution in [3.8, 4) is 0 Å². The summed E-state index contributed by atoms with van der Waals surface area (Å²) in [5, 5.41) is 5.44. The highest BCUT2D eigenvalue weighted by Crippen LogP contribution is 2.25. The largest absolute Gasteiger partial charge is 0.317 e. The van der Waals surface area contributed by atoms with E-state index >= 15 is 0 Å². The zero-order valence-electron chi connectivity index (χ0n) is 12.8. The highest BCUT2D eigenvalue weighted by atomic mass is 79.9. The van der Waals surface area contributed by atoms with Gasteiger partial charge >= 0.3 is 0 Å². The fraction of sp³-hybridized carbons (Fsp3) is 0.375. The van der Waals surface area contributed by atoms with Crippen LogP contribution in [-0.4, -0.2) is 48.2 Å². The molecule has 8 heteroatoms. The van der Waals surface area contributed by atoms with Gasteiger partial charge in [-0.1, -0.05) is 15.9 Å². The van der Waals surface area contributed by atoms with E-state index in [1.54, 1.807) is 12.1 Å². The maximum Gasteiger partial charge on any atom is 0.262 e. The summed E-state index contributed by atoms with van der Waals surface area (Å²) in [6.07, 6.45) is 1.33. The van der Waals surface area contributed by atoms with Gasteiger partial charge in [-0.15, -0.1) is 0 Å². The Hall–Kier alpha value is -2.06. The number of piperidine rings is 1. The number of halogens is 1. The maximum atomic E-state index is 12.3. The van der Waals surface area contributed by atoms with Gasteiger partial charge in [-0.2, -0.15) is 0 Å². The molecule has 2 N–H and O–H groups in total. The number of hydrogen-bond donors (Lipinski definition) is 2. The molecule has 3 rings (SSSR count). The first-order valence-corrected chi connectivity index (χ1v) is 8.47. The molecule has 7 nitrogen and oxygen atoms in total. The first-order valence-electron chi connectivity index (χ1n) is 7.67. The molecule has 0 atom stereocenters. The van der Waals surface area contributed by atoms with Crippen molar-refractivity contribution >= 4 is 39.6 Å². The van der Waals surface area contributed by atoms with Gasteiger partial charge in [-0.25, -0.2) is 0 Å². The summed E-state index contributed by atoms with van der Waals surface area (Å²) in [5.74, 6) is -2.26. The van der Waals surface area contributed by atoms with Gasteiger partial charge in [0.15, 0.2) is 0 Å². The van der Waals surface area contributed by atoms with Crippen molar-refractivity contribution < 1.29 is 19.2 Å². The maximum absolute atomic E-state index is 12.3. The molecular formula is C16H16BrN3O4. The Bertz CT molecular complexity index is 728. The highest BCUT2D eigenvalue weighted by molar-refractivity contribution is 9.10. The van der Waals surface area contributed by atoms with E-state index in [0.717, 1.165) is 18.0 Å². The summed E-state index contributed by atoms with van der Waals surface area (Å²) in [6, 6.07) is 4.75. The Labute approximate surface area is 146 Å². The minimum atomic E-state index is -0.646. The van der Waals surface area contributed by atoms with Crippen molar-refractivity contribution in [2.45, 2.75) is 12.8 Å². The fourth-order valence-electron chi connectivity index (χ4n) is 2.91. The Balaban J connectivity index is 1.64. The summed E-state index contributed by atoms with van der Waals surface area (Å²) in [5.41, 5.74) is 0.521. The van der Waals surface area contributed by atoms with Crippen molar-refractivity contribution in [2.75, 3.05) is 19.6 Å². The third-order valence-corrected chi connectivity index (χ3v) is 4.70. The lowest BCUT2D eigenvalue weighted by Gasteiger charge is -2.21. The molecule has 4 amide bonds. The highest BCUT2D eigenvalue weighted by Gasteiger charge is 2.37. The summed E-state index contributed by atoms with van der Waals surface area (Å²) < 4.78 is 0.676. The zero-order valence-corrected chi connectivity index (χ0v) is 14.4. The SMILES string of the molecule is O=C(CN1C(=O)c2ccc(Br)cc2C1=O)NC(=O)C1CCNCC1. The van der Waals surface area contributed by atoms with Crippen LogP contribution in [0, 0.1) is 5.92 Å². The molecule has 24 heavy (non-hydrogen) atoms. The molecule has 2 aliphatic heterocycles. The second kappa shape index (κ2) is 6.82. The number of benzene rings is 1. The van der Waals surface area contributed by atoms with Crippen LogP contribution in [0.3, 0.4) is 0 Å². The van der Waals surface area contributed by atoms with E-state index in [9.17, 15) is 19.2 Å². The third-order valence-electron chi connectivity index (χ3n) is 4.21. The quantitative estimate of drug-likeness (QED) is 0.736. The molecule has 1 fully saturated rings. The molecule has 0 bridgehead atoms. The minimum Gasteiger partial charge on any atom is -0.317 e. The third kappa shape index (κ3) is 3.25. The lowest BCUT2D eigenvalue weighted by atomic mass is 9.97. The van der Waals surface area contributed by atoms with Crippen LogP contribution in [-0.2, 0) is 9.59 Å². The van der Waals surface area contributed by atoms with Gasteiger partial charge in [0.1, 0.15) is 6.54 Å². The molecule has 0 unspecified atom stereocenters. The van der Waals surface area contributed by atoms with E-state index in [4.69, 9.17) is 0 Å². The molecule has 126 valence electrons. The lowest BCUT2D eigenvalue weighted by Crippen LogP contribution is -2.45. The van der Waals surface area contributed by atoms with Gasteiger partial charge in [0.05, 0.1) is 11.1 Å². The van der Waals surface area contributed by atoms with E-state index in [0.29, 0.717) is 17.3 Å². The van der Waals surface area contributed by atoms with Gasteiger partial charge in [-0.05, 0) is 44.1 Å². The number of imide groups is 2. The molecule has 2 aliphatic rings. The normalized spacial score (nSPS) is 17.8. The standard InChI is InChI=1S/C16H16BrN3O4/c17-10-1-2-11-12(7-10)16(24)20(15(11)23)8-13(21)19-14(22)9-3-5-18-6-4-9/h1-2,7,9,18H,3-6,8H2,(H,19,21,22). The number of amides is 4. The van der Waals surface area contributed by atoms with Crippen LogP contribution < -0.4 is 10.6 Å². The first-order chi connectivity index (χ1) is 11.5.